The molecule has 0 bridgehead atoms. The highest BCUT2D eigenvalue weighted by atomic mass is 32.2. The maximum absolute atomic E-state index is 11.7. The molecular formula is C17H22N4O4S. The topological polar surface area (TPSA) is 93.7 Å². The van der Waals surface area contributed by atoms with Gasteiger partial charge in [-0.3, -0.25) is 0 Å². The molecule has 1 saturated heterocycles. The van der Waals surface area contributed by atoms with Crippen LogP contribution >= 0.6 is 0 Å². The van der Waals surface area contributed by atoms with E-state index >= 15 is 0 Å². The van der Waals surface area contributed by atoms with Gasteiger partial charge in [0.1, 0.15) is 17.3 Å². The molecule has 2 aromatic rings. The molecule has 0 amide bonds. The second-order valence-electron chi connectivity index (χ2n) is 6.10. The van der Waals surface area contributed by atoms with Crippen LogP contribution in [0.1, 0.15) is 6.42 Å². The number of ether oxygens (including phenoxy) is 2. The summed E-state index contributed by atoms with van der Waals surface area (Å²) in [6, 6.07) is 7.09. The van der Waals surface area contributed by atoms with E-state index in [-0.39, 0.29) is 17.5 Å². The molecule has 1 aromatic heterocycles. The second kappa shape index (κ2) is 7.36. The van der Waals surface area contributed by atoms with Crippen LogP contribution in [0.15, 0.2) is 30.5 Å². The summed E-state index contributed by atoms with van der Waals surface area (Å²) in [7, 11) is 2.07. The highest BCUT2D eigenvalue weighted by Crippen LogP contribution is 2.31. The average Bonchev–Trinajstić information content (AvgIpc) is 3.01. The number of anilines is 3. The summed E-state index contributed by atoms with van der Waals surface area (Å²) < 4.78 is 34.0. The Hall–Kier alpha value is -2.55. The Morgan fingerprint density at radius 1 is 1.23 bits per heavy atom. The predicted octanol–water partition coefficient (Wildman–Crippen LogP) is 1.86. The molecule has 1 N–H and O–H groups in total. The molecule has 1 unspecified atom stereocenters. The summed E-state index contributed by atoms with van der Waals surface area (Å²) in [5, 5.41) is 3.13. The molecule has 1 aliphatic heterocycles. The molecule has 1 aliphatic rings. The number of hydrogen-bond donors (Lipinski definition) is 1. The van der Waals surface area contributed by atoms with Crippen molar-refractivity contribution in [1.82, 2.24) is 9.97 Å². The molecule has 2 heterocycles. The van der Waals surface area contributed by atoms with Gasteiger partial charge in [0.05, 0.1) is 31.4 Å². The fourth-order valence-electron chi connectivity index (χ4n) is 2.90. The lowest BCUT2D eigenvalue weighted by atomic mass is 10.2. The molecule has 1 atom stereocenters. The summed E-state index contributed by atoms with van der Waals surface area (Å²) in [5.74, 6) is 2.73. The van der Waals surface area contributed by atoms with Gasteiger partial charge >= 0.3 is 0 Å². The van der Waals surface area contributed by atoms with Crippen molar-refractivity contribution >= 4 is 27.3 Å². The molecule has 8 nitrogen and oxygen atoms in total. The number of nitrogens with zero attached hydrogens (tertiary/aromatic N) is 3. The highest BCUT2D eigenvalue weighted by molar-refractivity contribution is 7.91. The van der Waals surface area contributed by atoms with Crippen LogP contribution in [-0.2, 0) is 9.84 Å². The Kier molecular flexibility index (Phi) is 5.17. The molecular weight excluding hydrogens is 356 g/mol. The Labute approximate surface area is 153 Å². The zero-order valence-electron chi connectivity index (χ0n) is 15.0. The first-order chi connectivity index (χ1) is 12.4. The van der Waals surface area contributed by atoms with E-state index in [2.05, 4.69) is 15.3 Å². The summed E-state index contributed by atoms with van der Waals surface area (Å²) in [6.07, 6.45) is 2.25. The lowest BCUT2D eigenvalue weighted by molar-refractivity contribution is 0.395. The number of nitrogens with one attached hydrogen (secondary N) is 1. The zero-order chi connectivity index (χ0) is 18.7. The second-order valence-corrected chi connectivity index (χ2v) is 8.33. The quantitative estimate of drug-likeness (QED) is 0.814. The molecule has 3 rings (SSSR count). The van der Waals surface area contributed by atoms with Crippen LogP contribution in [0.5, 0.6) is 11.5 Å². The molecule has 0 saturated carbocycles. The molecule has 9 heteroatoms. The molecule has 0 spiro atoms. The minimum atomic E-state index is -2.95. The minimum absolute atomic E-state index is 0.0710. The van der Waals surface area contributed by atoms with Gasteiger partial charge in [0, 0.05) is 25.4 Å². The van der Waals surface area contributed by atoms with E-state index in [9.17, 15) is 8.42 Å². The maximum atomic E-state index is 11.7. The van der Waals surface area contributed by atoms with Crippen molar-refractivity contribution < 1.29 is 17.9 Å². The number of sulfone groups is 1. The molecule has 1 fully saturated rings. The SMILES string of the molecule is COc1ccc(Nc2nccc(N(C)C3CCS(=O)(=O)C3)n2)c(OC)c1. The largest absolute Gasteiger partial charge is 0.497 e. The van der Waals surface area contributed by atoms with Crippen LogP contribution in [0, 0.1) is 0 Å². The summed E-state index contributed by atoms with van der Waals surface area (Å²) in [4.78, 5) is 10.6. The van der Waals surface area contributed by atoms with Crippen molar-refractivity contribution in [1.29, 1.82) is 0 Å². The van der Waals surface area contributed by atoms with Crippen molar-refractivity contribution in [2.45, 2.75) is 12.5 Å². The van der Waals surface area contributed by atoms with Crippen LogP contribution in [-0.4, -0.2) is 57.2 Å². The van der Waals surface area contributed by atoms with Crippen LogP contribution in [0.25, 0.3) is 0 Å². The van der Waals surface area contributed by atoms with E-state index in [1.807, 2.05) is 24.1 Å². The third-order valence-electron chi connectivity index (χ3n) is 4.41. The van der Waals surface area contributed by atoms with Crippen LogP contribution in [0.2, 0.25) is 0 Å². The van der Waals surface area contributed by atoms with Crippen LogP contribution < -0.4 is 19.7 Å². The maximum Gasteiger partial charge on any atom is 0.229 e. The summed E-state index contributed by atoms with van der Waals surface area (Å²) >= 11 is 0. The fraction of sp³-hybridized carbons (Fsp3) is 0.412. The first-order valence-electron chi connectivity index (χ1n) is 8.17. The van der Waals surface area contributed by atoms with Gasteiger partial charge in [0.15, 0.2) is 9.84 Å². The first-order valence-corrected chi connectivity index (χ1v) is 9.99. The number of rotatable bonds is 6. The Morgan fingerprint density at radius 3 is 2.69 bits per heavy atom. The molecule has 26 heavy (non-hydrogen) atoms. The predicted molar refractivity (Wildman–Crippen MR) is 100 cm³/mol. The number of benzene rings is 1. The Morgan fingerprint density at radius 2 is 2.04 bits per heavy atom. The van der Waals surface area contributed by atoms with Crippen molar-refractivity contribution in [3.8, 4) is 11.5 Å². The zero-order valence-corrected chi connectivity index (χ0v) is 15.8. The van der Waals surface area contributed by atoms with Gasteiger partial charge in [0.25, 0.3) is 0 Å². The van der Waals surface area contributed by atoms with Crippen molar-refractivity contribution in [3.05, 3.63) is 30.5 Å². The van der Waals surface area contributed by atoms with E-state index in [1.54, 1.807) is 32.5 Å². The van der Waals surface area contributed by atoms with Gasteiger partial charge in [0.2, 0.25) is 5.95 Å². The van der Waals surface area contributed by atoms with Gasteiger partial charge < -0.3 is 19.7 Å². The minimum Gasteiger partial charge on any atom is -0.497 e. The molecule has 0 radical (unpaired) electrons. The average molecular weight is 378 g/mol. The van der Waals surface area contributed by atoms with Crippen molar-refractivity contribution in [3.63, 3.8) is 0 Å². The Balaban J connectivity index is 1.80. The lowest BCUT2D eigenvalue weighted by Gasteiger charge is -2.24. The number of hydrogen-bond acceptors (Lipinski definition) is 8. The smallest absolute Gasteiger partial charge is 0.229 e. The fourth-order valence-corrected chi connectivity index (χ4v) is 4.67. The van der Waals surface area contributed by atoms with Gasteiger partial charge in [-0.05, 0) is 24.6 Å². The normalized spacial score (nSPS) is 18.3. The number of methoxy groups -OCH3 is 2. The standard InChI is InChI=1S/C17H22N4O4S/c1-21(12-7-9-26(22,23)11-12)16-6-8-18-17(20-16)19-14-5-4-13(24-2)10-15(14)25-3/h4-6,8,10,12H,7,9,11H2,1-3H3,(H,18,19,20). The van der Waals surface area contributed by atoms with Gasteiger partial charge in [-0.15, -0.1) is 0 Å². The van der Waals surface area contributed by atoms with E-state index in [0.717, 1.165) is 0 Å². The summed E-state index contributed by atoms with van der Waals surface area (Å²) in [6.45, 7) is 0. The van der Waals surface area contributed by atoms with Crippen LogP contribution in [0.3, 0.4) is 0 Å². The molecule has 1 aromatic carbocycles. The van der Waals surface area contributed by atoms with E-state index in [0.29, 0.717) is 35.4 Å². The first kappa shape index (κ1) is 18.2. The Bertz CT molecular complexity index is 888. The van der Waals surface area contributed by atoms with E-state index < -0.39 is 9.84 Å². The third kappa shape index (κ3) is 3.98. The van der Waals surface area contributed by atoms with E-state index in [4.69, 9.17) is 9.47 Å². The molecule has 0 aliphatic carbocycles. The number of aromatic nitrogens is 2. The van der Waals surface area contributed by atoms with Crippen molar-refractivity contribution in [2.24, 2.45) is 0 Å². The summed E-state index contributed by atoms with van der Waals surface area (Å²) in [5.41, 5.74) is 0.705. The monoisotopic (exact) mass is 378 g/mol. The van der Waals surface area contributed by atoms with E-state index in [1.165, 1.54) is 0 Å². The van der Waals surface area contributed by atoms with Crippen LogP contribution in [0.4, 0.5) is 17.5 Å². The highest BCUT2D eigenvalue weighted by Gasteiger charge is 2.31. The van der Waals surface area contributed by atoms with Gasteiger partial charge in [-0.2, -0.15) is 4.98 Å². The van der Waals surface area contributed by atoms with Gasteiger partial charge in [-0.1, -0.05) is 0 Å². The molecule has 140 valence electrons. The van der Waals surface area contributed by atoms with Crippen molar-refractivity contribution in [2.75, 3.05) is 43.0 Å². The third-order valence-corrected chi connectivity index (χ3v) is 6.16. The lowest BCUT2D eigenvalue weighted by Crippen LogP contribution is -2.33. The van der Waals surface area contributed by atoms with Gasteiger partial charge in [-0.25, -0.2) is 13.4 Å².